The minimum atomic E-state index is -0.198. The minimum Gasteiger partial charge on any atom is -0.383 e. The number of carbonyl (C=O) groups is 1. The molecule has 0 unspecified atom stereocenters. The Morgan fingerprint density at radius 1 is 1.41 bits per heavy atom. The fourth-order valence-corrected chi connectivity index (χ4v) is 2.13. The lowest BCUT2D eigenvalue weighted by atomic mass is 10.1. The molecule has 1 N–H and O–H groups in total. The first-order valence-corrected chi connectivity index (χ1v) is 7.60. The SMILES string of the molecule is COCCNC(=O)c1cc(C(C)C)nc(N2CCOCC2)n1. The summed E-state index contributed by atoms with van der Waals surface area (Å²) in [5, 5.41) is 2.80. The van der Waals surface area contributed by atoms with Crippen LogP contribution in [0.25, 0.3) is 0 Å². The number of amides is 1. The number of hydrogen-bond acceptors (Lipinski definition) is 6. The van der Waals surface area contributed by atoms with Crippen molar-refractivity contribution in [2.24, 2.45) is 0 Å². The van der Waals surface area contributed by atoms with Gasteiger partial charge in [0.1, 0.15) is 5.69 Å². The van der Waals surface area contributed by atoms with E-state index in [4.69, 9.17) is 9.47 Å². The van der Waals surface area contributed by atoms with E-state index in [0.29, 0.717) is 38.0 Å². The van der Waals surface area contributed by atoms with Gasteiger partial charge in [0.2, 0.25) is 5.95 Å². The summed E-state index contributed by atoms with van der Waals surface area (Å²) in [6.07, 6.45) is 0. The van der Waals surface area contributed by atoms with E-state index >= 15 is 0 Å². The van der Waals surface area contributed by atoms with E-state index in [1.807, 2.05) is 0 Å². The first kappa shape index (κ1) is 16.6. The number of morpholine rings is 1. The van der Waals surface area contributed by atoms with Gasteiger partial charge in [-0.2, -0.15) is 0 Å². The van der Waals surface area contributed by atoms with Gasteiger partial charge in [-0.15, -0.1) is 0 Å². The summed E-state index contributed by atoms with van der Waals surface area (Å²) in [7, 11) is 1.60. The van der Waals surface area contributed by atoms with Crippen LogP contribution in [0.15, 0.2) is 6.07 Å². The highest BCUT2D eigenvalue weighted by Crippen LogP contribution is 2.18. The third-order valence-corrected chi connectivity index (χ3v) is 3.44. The molecule has 0 bridgehead atoms. The molecule has 1 aliphatic rings. The van der Waals surface area contributed by atoms with Crippen molar-refractivity contribution in [1.82, 2.24) is 15.3 Å². The lowest BCUT2D eigenvalue weighted by Gasteiger charge is -2.27. The van der Waals surface area contributed by atoms with E-state index in [2.05, 4.69) is 34.0 Å². The molecule has 122 valence electrons. The Bertz CT molecular complexity index is 502. The first-order valence-electron chi connectivity index (χ1n) is 7.60. The van der Waals surface area contributed by atoms with Crippen LogP contribution in [0.3, 0.4) is 0 Å². The molecule has 22 heavy (non-hydrogen) atoms. The molecule has 0 aromatic carbocycles. The Balaban J connectivity index is 2.20. The summed E-state index contributed by atoms with van der Waals surface area (Å²) in [5.74, 6) is 0.635. The van der Waals surface area contributed by atoms with Crippen LogP contribution in [0.4, 0.5) is 5.95 Å². The van der Waals surface area contributed by atoms with Gasteiger partial charge in [-0.25, -0.2) is 9.97 Å². The molecule has 1 amide bonds. The predicted octanol–water partition coefficient (Wildman–Crippen LogP) is 0.813. The van der Waals surface area contributed by atoms with E-state index in [9.17, 15) is 4.79 Å². The van der Waals surface area contributed by atoms with Crippen molar-refractivity contribution in [1.29, 1.82) is 0 Å². The van der Waals surface area contributed by atoms with E-state index < -0.39 is 0 Å². The summed E-state index contributed by atoms with van der Waals surface area (Å²) in [5.41, 5.74) is 1.27. The van der Waals surface area contributed by atoms with Crippen LogP contribution in [0.2, 0.25) is 0 Å². The zero-order chi connectivity index (χ0) is 15.9. The molecule has 1 saturated heterocycles. The summed E-state index contributed by atoms with van der Waals surface area (Å²) < 4.78 is 10.3. The zero-order valence-corrected chi connectivity index (χ0v) is 13.5. The molecule has 0 radical (unpaired) electrons. The van der Waals surface area contributed by atoms with Gasteiger partial charge in [0.15, 0.2) is 0 Å². The van der Waals surface area contributed by atoms with Gasteiger partial charge >= 0.3 is 0 Å². The van der Waals surface area contributed by atoms with Crippen molar-refractivity contribution in [3.63, 3.8) is 0 Å². The number of rotatable bonds is 6. The van der Waals surface area contributed by atoms with E-state index in [-0.39, 0.29) is 11.8 Å². The molecular formula is C15H24N4O3. The summed E-state index contributed by atoms with van der Waals surface area (Å²) in [6, 6.07) is 1.76. The third kappa shape index (κ3) is 4.38. The molecule has 1 aromatic heterocycles. The van der Waals surface area contributed by atoms with Crippen molar-refractivity contribution in [3.8, 4) is 0 Å². The molecule has 7 heteroatoms. The van der Waals surface area contributed by atoms with Gasteiger partial charge in [-0.05, 0) is 12.0 Å². The smallest absolute Gasteiger partial charge is 0.270 e. The summed E-state index contributed by atoms with van der Waals surface area (Å²) in [4.78, 5) is 23.3. The molecule has 2 heterocycles. The zero-order valence-electron chi connectivity index (χ0n) is 13.5. The van der Waals surface area contributed by atoms with Crippen LogP contribution in [0.1, 0.15) is 35.9 Å². The molecular weight excluding hydrogens is 284 g/mol. The molecule has 1 aliphatic heterocycles. The molecule has 1 aromatic rings. The largest absolute Gasteiger partial charge is 0.383 e. The maximum atomic E-state index is 12.2. The Hall–Kier alpha value is -1.73. The predicted molar refractivity (Wildman–Crippen MR) is 83.4 cm³/mol. The molecule has 1 fully saturated rings. The molecule has 2 rings (SSSR count). The van der Waals surface area contributed by atoms with Crippen molar-refractivity contribution in [2.75, 3.05) is 51.5 Å². The van der Waals surface area contributed by atoms with E-state index in [1.54, 1.807) is 13.2 Å². The molecule has 0 saturated carbocycles. The average molecular weight is 308 g/mol. The third-order valence-electron chi connectivity index (χ3n) is 3.44. The normalized spacial score (nSPS) is 15.2. The molecule has 0 aliphatic carbocycles. The van der Waals surface area contributed by atoms with E-state index in [0.717, 1.165) is 18.8 Å². The molecule has 0 atom stereocenters. The maximum Gasteiger partial charge on any atom is 0.270 e. The van der Waals surface area contributed by atoms with Gasteiger partial charge in [-0.3, -0.25) is 4.79 Å². The second-order valence-corrected chi connectivity index (χ2v) is 5.48. The molecule has 7 nitrogen and oxygen atoms in total. The van der Waals surface area contributed by atoms with Gasteiger partial charge in [-0.1, -0.05) is 13.8 Å². The standard InChI is InChI=1S/C15H24N4O3/c1-11(2)12-10-13(14(20)16-4-7-21-3)18-15(17-12)19-5-8-22-9-6-19/h10-11H,4-9H2,1-3H3,(H,16,20). The molecule has 0 spiro atoms. The average Bonchev–Trinajstić information content (AvgIpc) is 2.55. The van der Waals surface area contributed by atoms with Crippen LogP contribution in [0, 0.1) is 0 Å². The van der Waals surface area contributed by atoms with Crippen LogP contribution in [-0.2, 0) is 9.47 Å². The van der Waals surface area contributed by atoms with Crippen LogP contribution >= 0.6 is 0 Å². The highest BCUT2D eigenvalue weighted by Gasteiger charge is 2.19. The number of ether oxygens (including phenoxy) is 2. The number of nitrogens with zero attached hydrogens (tertiary/aromatic N) is 3. The van der Waals surface area contributed by atoms with Crippen molar-refractivity contribution < 1.29 is 14.3 Å². The highest BCUT2D eigenvalue weighted by atomic mass is 16.5. The quantitative estimate of drug-likeness (QED) is 0.784. The monoisotopic (exact) mass is 308 g/mol. The Morgan fingerprint density at radius 3 is 2.77 bits per heavy atom. The number of carbonyl (C=O) groups excluding carboxylic acids is 1. The first-order chi connectivity index (χ1) is 10.6. The second kappa shape index (κ2) is 8.05. The second-order valence-electron chi connectivity index (χ2n) is 5.48. The highest BCUT2D eigenvalue weighted by molar-refractivity contribution is 5.92. The van der Waals surface area contributed by atoms with Gasteiger partial charge in [0, 0.05) is 32.4 Å². The number of methoxy groups -OCH3 is 1. The van der Waals surface area contributed by atoms with Gasteiger partial charge in [0.05, 0.1) is 19.8 Å². The lowest BCUT2D eigenvalue weighted by molar-refractivity contribution is 0.0931. The number of aromatic nitrogens is 2. The van der Waals surface area contributed by atoms with Crippen LogP contribution < -0.4 is 10.2 Å². The van der Waals surface area contributed by atoms with Gasteiger partial charge < -0.3 is 19.7 Å². The van der Waals surface area contributed by atoms with Crippen LogP contribution in [0.5, 0.6) is 0 Å². The summed E-state index contributed by atoms with van der Waals surface area (Å²) >= 11 is 0. The number of nitrogens with one attached hydrogen (secondary N) is 1. The number of hydrogen-bond donors (Lipinski definition) is 1. The fourth-order valence-electron chi connectivity index (χ4n) is 2.13. The lowest BCUT2D eigenvalue weighted by Crippen LogP contribution is -2.38. The Kier molecular flexibility index (Phi) is 6.09. The summed E-state index contributed by atoms with van der Waals surface area (Å²) in [6.45, 7) is 7.84. The van der Waals surface area contributed by atoms with E-state index in [1.165, 1.54) is 0 Å². The van der Waals surface area contributed by atoms with Crippen molar-refractivity contribution >= 4 is 11.9 Å². The topological polar surface area (TPSA) is 76.6 Å². The Labute approximate surface area is 131 Å². The maximum absolute atomic E-state index is 12.2. The number of anilines is 1. The van der Waals surface area contributed by atoms with Crippen molar-refractivity contribution in [2.45, 2.75) is 19.8 Å². The fraction of sp³-hybridized carbons (Fsp3) is 0.667. The minimum absolute atomic E-state index is 0.198. The van der Waals surface area contributed by atoms with Gasteiger partial charge in [0.25, 0.3) is 5.91 Å². The Morgan fingerprint density at radius 2 is 2.14 bits per heavy atom. The van der Waals surface area contributed by atoms with Crippen LogP contribution in [-0.4, -0.2) is 62.4 Å². The van der Waals surface area contributed by atoms with Crippen molar-refractivity contribution in [3.05, 3.63) is 17.5 Å².